The van der Waals surface area contributed by atoms with Gasteiger partial charge in [-0.05, 0) is 12.1 Å². The Morgan fingerprint density at radius 3 is 3.05 bits per heavy atom. The third-order valence-electron chi connectivity index (χ3n) is 2.81. The van der Waals surface area contributed by atoms with Gasteiger partial charge in [-0.25, -0.2) is 0 Å². The molecule has 0 bridgehead atoms. The molecule has 0 saturated carbocycles. The van der Waals surface area contributed by atoms with E-state index in [9.17, 15) is 4.79 Å². The van der Waals surface area contributed by atoms with Crippen molar-refractivity contribution in [1.82, 2.24) is 20.1 Å². The minimum absolute atomic E-state index is 0.0674. The Bertz CT molecular complexity index is 618. The molecule has 0 atom stereocenters. The predicted octanol–water partition coefficient (Wildman–Crippen LogP) is 1.13. The van der Waals surface area contributed by atoms with E-state index in [-0.39, 0.29) is 11.7 Å². The monoisotopic (exact) mass is 322 g/mol. The van der Waals surface area contributed by atoms with Crippen LogP contribution >= 0.6 is 11.8 Å². The van der Waals surface area contributed by atoms with Gasteiger partial charge in [0.05, 0.1) is 25.2 Å². The summed E-state index contributed by atoms with van der Waals surface area (Å²) < 4.78 is 11.9. The zero-order chi connectivity index (χ0) is 15.8. The summed E-state index contributed by atoms with van der Waals surface area (Å²) in [7, 11) is 3.21. The van der Waals surface area contributed by atoms with Gasteiger partial charge in [0.25, 0.3) is 0 Å². The van der Waals surface area contributed by atoms with E-state index in [0.29, 0.717) is 18.3 Å². The molecule has 0 aliphatic rings. The van der Waals surface area contributed by atoms with Gasteiger partial charge in [-0.15, -0.1) is 10.2 Å². The molecule has 2 rings (SSSR count). The van der Waals surface area contributed by atoms with Gasteiger partial charge in [0.1, 0.15) is 12.1 Å². The van der Waals surface area contributed by atoms with Crippen molar-refractivity contribution < 1.29 is 14.3 Å². The van der Waals surface area contributed by atoms with Gasteiger partial charge in [-0.2, -0.15) is 0 Å². The van der Waals surface area contributed by atoms with Crippen LogP contribution in [0.3, 0.4) is 0 Å². The molecule has 0 spiro atoms. The number of nitrogens with zero attached hydrogens (tertiary/aromatic N) is 3. The van der Waals surface area contributed by atoms with Gasteiger partial charge < -0.3 is 14.8 Å². The zero-order valence-corrected chi connectivity index (χ0v) is 13.3. The molecule has 22 heavy (non-hydrogen) atoms. The normalized spacial score (nSPS) is 10.5. The van der Waals surface area contributed by atoms with Crippen molar-refractivity contribution in [3.63, 3.8) is 0 Å². The lowest BCUT2D eigenvalue weighted by Crippen LogP contribution is -2.28. The van der Waals surface area contributed by atoms with Gasteiger partial charge in [-0.3, -0.25) is 9.36 Å². The number of carbonyl (C=O) groups excluding carboxylic acids is 1. The minimum atomic E-state index is -0.0674. The van der Waals surface area contributed by atoms with Crippen molar-refractivity contribution >= 4 is 17.7 Å². The van der Waals surface area contributed by atoms with Crippen molar-refractivity contribution in [2.45, 2.75) is 5.16 Å². The maximum absolute atomic E-state index is 11.7. The van der Waals surface area contributed by atoms with Crippen LogP contribution in [-0.2, 0) is 9.53 Å². The Morgan fingerprint density at radius 1 is 1.41 bits per heavy atom. The van der Waals surface area contributed by atoms with Crippen molar-refractivity contribution in [2.24, 2.45) is 0 Å². The summed E-state index contributed by atoms with van der Waals surface area (Å²) in [6.45, 7) is 0.995. The highest BCUT2D eigenvalue weighted by atomic mass is 32.2. The number of methoxy groups -OCH3 is 2. The van der Waals surface area contributed by atoms with Gasteiger partial charge >= 0.3 is 0 Å². The zero-order valence-electron chi connectivity index (χ0n) is 12.5. The van der Waals surface area contributed by atoms with Gasteiger partial charge in [0.2, 0.25) is 5.91 Å². The molecule has 2 aromatic rings. The van der Waals surface area contributed by atoms with Crippen molar-refractivity contribution in [3.05, 3.63) is 30.6 Å². The Morgan fingerprint density at radius 2 is 2.27 bits per heavy atom. The molecule has 7 nitrogen and oxygen atoms in total. The average molecular weight is 322 g/mol. The maximum Gasteiger partial charge on any atom is 0.230 e. The van der Waals surface area contributed by atoms with E-state index in [0.717, 1.165) is 11.4 Å². The van der Waals surface area contributed by atoms with Crippen LogP contribution in [0.25, 0.3) is 5.69 Å². The number of ether oxygens (including phenoxy) is 2. The number of rotatable bonds is 8. The first-order chi connectivity index (χ1) is 10.7. The number of nitrogens with one attached hydrogen (secondary N) is 1. The van der Waals surface area contributed by atoms with Crippen LogP contribution in [-0.4, -0.2) is 53.8 Å². The summed E-state index contributed by atoms with van der Waals surface area (Å²) in [6.07, 6.45) is 1.61. The quantitative estimate of drug-likeness (QED) is 0.580. The first-order valence-corrected chi connectivity index (χ1v) is 7.66. The Kier molecular flexibility index (Phi) is 6.23. The Balaban J connectivity index is 1.99. The highest BCUT2D eigenvalue weighted by molar-refractivity contribution is 7.99. The van der Waals surface area contributed by atoms with E-state index in [2.05, 4.69) is 15.5 Å². The number of hydrogen-bond acceptors (Lipinski definition) is 6. The molecule has 1 amide bonds. The molecular formula is C14H18N4O3S. The highest BCUT2D eigenvalue weighted by Crippen LogP contribution is 2.22. The Hall–Kier alpha value is -2.06. The SMILES string of the molecule is COCCNC(=O)CSc1nncn1-c1cccc(OC)c1. The molecule has 8 heteroatoms. The summed E-state index contributed by atoms with van der Waals surface area (Å²) in [5.74, 6) is 0.952. The molecule has 0 radical (unpaired) electrons. The molecule has 0 aliphatic carbocycles. The maximum atomic E-state index is 11.7. The third-order valence-corrected chi connectivity index (χ3v) is 3.75. The number of amides is 1. The van der Waals surface area contributed by atoms with Crippen molar-refractivity contribution in [3.8, 4) is 11.4 Å². The standard InChI is InChI=1S/C14H18N4O3S/c1-20-7-6-15-13(19)9-22-14-17-16-10-18(14)11-4-3-5-12(8-11)21-2/h3-5,8,10H,6-7,9H2,1-2H3,(H,15,19). The number of thioether (sulfide) groups is 1. The van der Waals surface area contributed by atoms with Crippen LogP contribution in [0, 0.1) is 0 Å². The van der Waals surface area contributed by atoms with Crippen LogP contribution < -0.4 is 10.1 Å². The summed E-state index contributed by atoms with van der Waals surface area (Å²) in [6, 6.07) is 7.56. The van der Waals surface area contributed by atoms with Crippen LogP contribution in [0.15, 0.2) is 35.7 Å². The second-order valence-electron chi connectivity index (χ2n) is 4.32. The van der Waals surface area contributed by atoms with E-state index in [1.807, 2.05) is 28.8 Å². The lowest BCUT2D eigenvalue weighted by Gasteiger charge is -2.08. The van der Waals surface area contributed by atoms with E-state index in [1.165, 1.54) is 11.8 Å². The largest absolute Gasteiger partial charge is 0.497 e. The van der Waals surface area contributed by atoms with Crippen LogP contribution in [0.2, 0.25) is 0 Å². The molecule has 1 N–H and O–H groups in total. The van der Waals surface area contributed by atoms with E-state index in [4.69, 9.17) is 9.47 Å². The van der Waals surface area contributed by atoms with Crippen LogP contribution in [0.1, 0.15) is 0 Å². The Labute approximate surface area is 133 Å². The fourth-order valence-electron chi connectivity index (χ4n) is 1.73. The van der Waals surface area contributed by atoms with Gasteiger partial charge in [0.15, 0.2) is 5.16 Å². The number of benzene rings is 1. The lowest BCUT2D eigenvalue weighted by molar-refractivity contribution is -0.118. The molecular weight excluding hydrogens is 304 g/mol. The average Bonchev–Trinajstić information content (AvgIpc) is 3.02. The summed E-state index contributed by atoms with van der Waals surface area (Å²) in [5, 5.41) is 11.4. The first kappa shape index (κ1) is 16.3. The first-order valence-electron chi connectivity index (χ1n) is 6.67. The van der Waals surface area contributed by atoms with Gasteiger partial charge in [-0.1, -0.05) is 17.8 Å². The fourth-order valence-corrected chi connectivity index (χ4v) is 2.49. The number of aromatic nitrogens is 3. The van der Waals surface area contributed by atoms with Crippen LogP contribution in [0.4, 0.5) is 0 Å². The van der Waals surface area contributed by atoms with Crippen molar-refractivity contribution in [2.75, 3.05) is 33.1 Å². The third kappa shape index (κ3) is 4.47. The number of carbonyl (C=O) groups is 1. The summed E-state index contributed by atoms with van der Waals surface area (Å²) in [5.41, 5.74) is 0.881. The smallest absolute Gasteiger partial charge is 0.230 e. The molecule has 0 saturated heterocycles. The highest BCUT2D eigenvalue weighted by Gasteiger charge is 2.10. The second-order valence-corrected chi connectivity index (χ2v) is 5.26. The van der Waals surface area contributed by atoms with E-state index < -0.39 is 0 Å². The predicted molar refractivity (Wildman–Crippen MR) is 83.5 cm³/mol. The fraction of sp³-hybridized carbons (Fsp3) is 0.357. The topological polar surface area (TPSA) is 78.3 Å². The lowest BCUT2D eigenvalue weighted by atomic mass is 10.3. The van der Waals surface area contributed by atoms with E-state index in [1.54, 1.807) is 20.5 Å². The molecule has 118 valence electrons. The molecule has 1 heterocycles. The molecule has 0 aliphatic heterocycles. The molecule has 0 unspecified atom stereocenters. The number of hydrogen-bond donors (Lipinski definition) is 1. The summed E-state index contributed by atoms with van der Waals surface area (Å²) >= 11 is 1.32. The molecule has 1 aromatic heterocycles. The van der Waals surface area contributed by atoms with Crippen LogP contribution in [0.5, 0.6) is 5.75 Å². The second kappa shape index (κ2) is 8.40. The molecule has 1 aromatic carbocycles. The van der Waals surface area contributed by atoms with Crippen molar-refractivity contribution in [1.29, 1.82) is 0 Å². The minimum Gasteiger partial charge on any atom is -0.497 e. The molecule has 0 fully saturated rings. The van der Waals surface area contributed by atoms with Gasteiger partial charge in [0, 0.05) is 19.7 Å². The van der Waals surface area contributed by atoms with E-state index >= 15 is 0 Å². The summed E-state index contributed by atoms with van der Waals surface area (Å²) in [4.78, 5) is 11.7.